The van der Waals surface area contributed by atoms with Crippen molar-refractivity contribution in [3.8, 4) is 0 Å². The smallest absolute Gasteiger partial charge is 0.407 e. The molecular formula is C23H38N2O8. The van der Waals surface area contributed by atoms with Gasteiger partial charge < -0.3 is 29.6 Å². The number of alkyl carbamates (subject to hydrolysis) is 2. The Kier molecular flexibility index (Phi) is 16.8. The fourth-order valence-corrected chi connectivity index (χ4v) is 2.54. The molecule has 0 aliphatic rings. The number of ether oxygens (including phenoxy) is 4. The van der Waals surface area contributed by atoms with Crippen LogP contribution in [0.3, 0.4) is 0 Å². The number of rotatable bonds is 16. The van der Waals surface area contributed by atoms with Crippen LogP contribution >= 0.6 is 0 Å². The van der Waals surface area contributed by atoms with Gasteiger partial charge in [-0.15, -0.1) is 0 Å². The molecule has 0 heterocycles. The van der Waals surface area contributed by atoms with Crippen LogP contribution in [0.25, 0.3) is 0 Å². The van der Waals surface area contributed by atoms with Gasteiger partial charge in [0.1, 0.15) is 26.4 Å². The predicted molar refractivity (Wildman–Crippen MR) is 123 cm³/mol. The van der Waals surface area contributed by atoms with Crippen molar-refractivity contribution in [3.05, 3.63) is 23.3 Å². The summed E-state index contributed by atoms with van der Waals surface area (Å²) in [5.74, 6) is -0.902. The molecule has 0 unspecified atom stereocenters. The standard InChI is InChI=1S/C23H38N2O8/c1-6-19(17(2)3)21(27)31-14-16-33-23(29)25-12-10-8-7-9-11-24-22(28)32-15-13-30-20(26)18(4)5/h4,6-16H2,1-3,5H3,(H,24,28)(H,25,29). The topological polar surface area (TPSA) is 129 Å². The summed E-state index contributed by atoms with van der Waals surface area (Å²) in [6.07, 6.45) is 2.74. The van der Waals surface area contributed by atoms with E-state index in [4.69, 9.17) is 18.9 Å². The van der Waals surface area contributed by atoms with Crippen LogP contribution < -0.4 is 10.6 Å². The first-order valence-electron chi connectivity index (χ1n) is 11.2. The van der Waals surface area contributed by atoms with Crippen LogP contribution in [0.4, 0.5) is 9.59 Å². The van der Waals surface area contributed by atoms with Crippen molar-refractivity contribution < 1.29 is 38.1 Å². The van der Waals surface area contributed by atoms with Gasteiger partial charge in [-0.3, -0.25) is 0 Å². The maximum Gasteiger partial charge on any atom is 0.407 e. The quantitative estimate of drug-likeness (QED) is 0.152. The minimum absolute atomic E-state index is 0.00454. The zero-order valence-electron chi connectivity index (χ0n) is 20.3. The van der Waals surface area contributed by atoms with Crippen LogP contribution in [0.15, 0.2) is 23.3 Å². The van der Waals surface area contributed by atoms with Gasteiger partial charge in [0.15, 0.2) is 0 Å². The summed E-state index contributed by atoms with van der Waals surface area (Å²) in [6, 6.07) is 0. The zero-order chi connectivity index (χ0) is 25.1. The van der Waals surface area contributed by atoms with Crippen LogP contribution in [0, 0.1) is 0 Å². The highest BCUT2D eigenvalue weighted by atomic mass is 16.6. The maximum absolute atomic E-state index is 11.8. The highest BCUT2D eigenvalue weighted by Gasteiger charge is 2.11. The molecule has 0 saturated heterocycles. The lowest BCUT2D eigenvalue weighted by atomic mass is 10.1. The average molecular weight is 471 g/mol. The zero-order valence-corrected chi connectivity index (χ0v) is 20.3. The third-order valence-corrected chi connectivity index (χ3v) is 4.29. The van der Waals surface area contributed by atoms with E-state index in [9.17, 15) is 19.2 Å². The molecule has 0 atom stereocenters. The first kappa shape index (κ1) is 30.0. The molecule has 0 aliphatic carbocycles. The fraction of sp³-hybridized carbons (Fsp3) is 0.652. The monoisotopic (exact) mass is 470 g/mol. The van der Waals surface area contributed by atoms with Crippen molar-refractivity contribution in [2.75, 3.05) is 39.5 Å². The van der Waals surface area contributed by atoms with E-state index in [0.717, 1.165) is 31.3 Å². The van der Waals surface area contributed by atoms with E-state index in [1.165, 1.54) is 6.92 Å². The molecule has 0 radical (unpaired) electrons. The largest absolute Gasteiger partial charge is 0.459 e. The van der Waals surface area contributed by atoms with Crippen LogP contribution in [-0.4, -0.2) is 63.6 Å². The molecule has 0 aromatic rings. The lowest BCUT2D eigenvalue weighted by Gasteiger charge is -2.10. The van der Waals surface area contributed by atoms with Gasteiger partial charge in [-0.1, -0.05) is 31.9 Å². The van der Waals surface area contributed by atoms with Gasteiger partial charge in [0.25, 0.3) is 0 Å². The number of carbonyl (C=O) groups is 4. The van der Waals surface area contributed by atoms with Crippen LogP contribution in [0.2, 0.25) is 0 Å². The number of allylic oxidation sites excluding steroid dienone is 1. The molecule has 2 amide bonds. The van der Waals surface area contributed by atoms with Gasteiger partial charge in [-0.2, -0.15) is 0 Å². The van der Waals surface area contributed by atoms with Crippen molar-refractivity contribution in [1.82, 2.24) is 10.6 Å². The second kappa shape index (κ2) is 18.5. The molecule has 0 saturated carbocycles. The number of esters is 2. The molecule has 10 nitrogen and oxygen atoms in total. The van der Waals surface area contributed by atoms with E-state index in [-0.39, 0.29) is 38.0 Å². The third-order valence-electron chi connectivity index (χ3n) is 4.29. The third kappa shape index (κ3) is 16.3. The Morgan fingerprint density at radius 3 is 1.48 bits per heavy atom. The number of amides is 2. The highest BCUT2D eigenvalue weighted by molar-refractivity contribution is 5.89. The van der Waals surface area contributed by atoms with Crippen molar-refractivity contribution in [2.45, 2.75) is 59.8 Å². The van der Waals surface area contributed by atoms with Gasteiger partial charge in [-0.05, 0) is 40.0 Å². The summed E-state index contributed by atoms with van der Waals surface area (Å²) in [4.78, 5) is 46.1. The predicted octanol–water partition coefficient (Wildman–Crippen LogP) is 3.41. The molecule has 0 fully saturated rings. The van der Waals surface area contributed by atoms with Gasteiger partial charge >= 0.3 is 24.1 Å². The second-order valence-electron chi connectivity index (χ2n) is 7.42. The molecule has 0 aliphatic heterocycles. The van der Waals surface area contributed by atoms with E-state index in [0.29, 0.717) is 25.1 Å². The van der Waals surface area contributed by atoms with Gasteiger partial charge in [0.05, 0.1) is 0 Å². The summed E-state index contributed by atoms with van der Waals surface area (Å²) in [7, 11) is 0. The number of carbonyl (C=O) groups excluding carboxylic acids is 4. The lowest BCUT2D eigenvalue weighted by Crippen LogP contribution is -2.27. The summed E-state index contributed by atoms with van der Waals surface area (Å²) in [5.41, 5.74) is 1.83. The van der Waals surface area contributed by atoms with E-state index >= 15 is 0 Å². The number of unbranched alkanes of at least 4 members (excludes halogenated alkanes) is 3. The normalized spacial score (nSPS) is 9.94. The Hall–Kier alpha value is -3.04. The number of hydrogen-bond donors (Lipinski definition) is 2. The van der Waals surface area contributed by atoms with Crippen molar-refractivity contribution in [1.29, 1.82) is 0 Å². The van der Waals surface area contributed by atoms with Crippen LogP contribution in [0.1, 0.15) is 59.8 Å². The minimum atomic E-state index is -0.566. The van der Waals surface area contributed by atoms with Gasteiger partial charge in [0.2, 0.25) is 0 Å². The minimum Gasteiger partial charge on any atom is -0.459 e. The summed E-state index contributed by atoms with van der Waals surface area (Å²) >= 11 is 0. The molecule has 2 N–H and O–H groups in total. The van der Waals surface area contributed by atoms with E-state index < -0.39 is 18.2 Å². The molecular weight excluding hydrogens is 432 g/mol. The average Bonchev–Trinajstić information content (AvgIpc) is 2.76. The van der Waals surface area contributed by atoms with Gasteiger partial charge in [0, 0.05) is 24.2 Å². The maximum atomic E-state index is 11.8. The Labute approximate surface area is 196 Å². The summed E-state index contributed by atoms with van der Waals surface area (Å²) in [6.45, 7) is 11.5. The molecule has 0 rings (SSSR count). The first-order valence-corrected chi connectivity index (χ1v) is 11.2. The Bertz CT molecular complexity index is 684. The molecule has 0 aromatic carbocycles. The number of hydrogen-bond acceptors (Lipinski definition) is 8. The first-order chi connectivity index (χ1) is 15.7. The second-order valence-corrected chi connectivity index (χ2v) is 7.42. The molecule has 0 spiro atoms. The molecule has 0 aromatic heterocycles. The molecule has 10 heteroatoms. The summed E-state index contributed by atoms with van der Waals surface area (Å²) in [5, 5.41) is 5.24. The van der Waals surface area contributed by atoms with Crippen LogP contribution in [0.5, 0.6) is 0 Å². The van der Waals surface area contributed by atoms with Crippen LogP contribution in [-0.2, 0) is 28.5 Å². The van der Waals surface area contributed by atoms with Crippen molar-refractivity contribution in [3.63, 3.8) is 0 Å². The van der Waals surface area contributed by atoms with E-state index in [2.05, 4.69) is 17.2 Å². The molecule has 0 bridgehead atoms. The van der Waals surface area contributed by atoms with Crippen molar-refractivity contribution >= 4 is 24.1 Å². The fourth-order valence-electron chi connectivity index (χ4n) is 2.54. The Balaban J connectivity index is 3.57. The Morgan fingerprint density at radius 2 is 1.09 bits per heavy atom. The molecule has 188 valence electrons. The van der Waals surface area contributed by atoms with Crippen molar-refractivity contribution in [2.24, 2.45) is 0 Å². The number of nitrogens with one attached hydrogen (secondary N) is 2. The lowest BCUT2D eigenvalue weighted by molar-refractivity contribution is -0.140. The van der Waals surface area contributed by atoms with E-state index in [1.807, 2.05) is 20.8 Å². The molecule has 33 heavy (non-hydrogen) atoms. The van der Waals surface area contributed by atoms with E-state index in [1.54, 1.807) is 0 Å². The highest BCUT2D eigenvalue weighted by Crippen LogP contribution is 2.09. The Morgan fingerprint density at radius 1 is 0.667 bits per heavy atom. The SMILES string of the molecule is C=C(C)C(=O)OCCOC(=O)NCCCCCCNC(=O)OCCOC(=O)C(CC)=C(C)C. The van der Waals surface area contributed by atoms with Gasteiger partial charge in [-0.25, -0.2) is 19.2 Å². The summed E-state index contributed by atoms with van der Waals surface area (Å²) < 4.78 is 19.7.